The lowest BCUT2D eigenvalue weighted by Gasteiger charge is -2.59. The first-order valence-electron chi connectivity index (χ1n) is 9.08. The maximum Gasteiger partial charge on any atom is 0.127 e. The van der Waals surface area contributed by atoms with Gasteiger partial charge in [-0.05, 0) is 68.1 Å². The van der Waals surface area contributed by atoms with Gasteiger partial charge in [-0.25, -0.2) is 4.39 Å². The van der Waals surface area contributed by atoms with Crippen molar-refractivity contribution in [3.63, 3.8) is 0 Å². The topological polar surface area (TPSA) is 40.5 Å². The van der Waals surface area contributed by atoms with E-state index < -0.39 is 23.8 Å². The summed E-state index contributed by atoms with van der Waals surface area (Å²) in [6, 6.07) is 0. The third-order valence-electron chi connectivity index (χ3n) is 8.08. The molecule has 0 spiro atoms. The van der Waals surface area contributed by atoms with Crippen molar-refractivity contribution in [1.82, 2.24) is 0 Å². The molecule has 0 aromatic heterocycles. The molecule has 0 saturated heterocycles. The Labute approximate surface area is 132 Å². The zero-order valence-electron chi connectivity index (χ0n) is 13.8. The Kier molecular flexibility index (Phi) is 3.30. The molecule has 3 heteroatoms. The van der Waals surface area contributed by atoms with Gasteiger partial charge in [0.25, 0.3) is 0 Å². The number of aliphatic hydroxyl groups is 2. The van der Waals surface area contributed by atoms with Crippen molar-refractivity contribution in [2.45, 2.75) is 77.2 Å². The van der Waals surface area contributed by atoms with Gasteiger partial charge in [0.1, 0.15) is 6.17 Å². The van der Waals surface area contributed by atoms with Crippen molar-refractivity contribution in [1.29, 1.82) is 0 Å². The van der Waals surface area contributed by atoms with Gasteiger partial charge in [-0.1, -0.05) is 25.5 Å². The van der Waals surface area contributed by atoms with Crippen LogP contribution in [0.4, 0.5) is 4.39 Å². The molecule has 0 unspecified atom stereocenters. The standard InChI is InChI=1S/C19H29FO2/c1-18-8-4-3-5-11(18)6-7-12-13(18)10-16(21)19(2)14(12)9-15(20)17(19)22/h5,12-17,21-22H,3-4,6-10H2,1-2H3/t12-,13+,14+,15-,16+,17+,18+,19-/m1/s1. The molecule has 4 aliphatic carbocycles. The van der Waals surface area contributed by atoms with E-state index in [4.69, 9.17) is 0 Å². The number of allylic oxidation sites excluding steroid dienone is 2. The van der Waals surface area contributed by atoms with E-state index in [1.807, 2.05) is 6.92 Å². The van der Waals surface area contributed by atoms with Crippen molar-refractivity contribution in [2.24, 2.45) is 28.6 Å². The number of hydrogen-bond acceptors (Lipinski definition) is 2. The molecule has 0 aromatic carbocycles. The monoisotopic (exact) mass is 308 g/mol. The summed E-state index contributed by atoms with van der Waals surface area (Å²) in [6.45, 7) is 4.31. The van der Waals surface area contributed by atoms with E-state index in [0.717, 1.165) is 19.3 Å². The number of fused-ring (bicyclic) bond motifs is 5. The van der Waals surface area contributed by atoms with Crippen LogP contribution in [0, 0.1) is 28.6 Å². The maximum absolute atomic E-state index is 14.3. The number of aliphatic hydroxyl groups excluding tert-OH is 2. The van der Waals surface area contributed by atoms with Gasteiger partial charge >= 0.3 is 0 Å². The summed E-state index contributed by atoms with van der Waals surface area (Å²) in [7, 11) is 0. The molecular weight excluding hydrogens is 279 g/mol. The minimum absolute atomic E-state index is 0.131. The molecule has 2 N–H and O–H groups in total. The zero-order chi connectivity index (χ0) is 15.7. The molecule has 22 heavy (non-hydrogen) atoms. The van der Waals surface area contributed by atoms with E-state index in [1.54, 1.807) is 5.57 Å². The van der Waals surface area contributed by atoms with Gasteiger partial charge in [0.15, 0.2) is 0 Å². The van der Waals surface area contributed by atoms with Crippen molar-refractivity contribution in [3.05, 3.63) is 11.6 Å². The summed E-state index contributed by atoms with van der Waals surface area (Å²) >= 11 is 0. The summed E-state index contributed by atoms with van der Waals surface area (Å²) in [5.74, 6) is 1.05. The maximum atomic E-state index is 14.3. The Hall–Kier alpha value is -0.410. The fraction of sp³-hybridized carbons (Fsp3) is 0.895. The second-order valence-electron chi connectivity index (χ2n) is 8.77. The highest BCUT2D eigenvalue weighted by Crippen LogP contribution is 2.65. The number of alkyl halides is 1. The summed E-state index contributed by atoms with van der Waals surface area (Å²) in [6.07, 6.45) is 6.73. The molecule has 0 aromatic rings. The molecule has 4 aliphatic rings. The van der Waals surface area contributed by atoms with Gasteiger partial charge in [0.2, 0.25) is 0 Å². The largest absolute Gasteiger partial charge is 0.392 e. The first-order valence-corrected chi connectivity index (χ1v) is 9.08. The van der Waals surface area contributed by atoms with Crippen LogP contribution in [0.2, 0.25) is 0 Å². The number of hydrogen-bond donors (Lipinski definition) is 2. The first kappa shape index (κ1) is 15.1. The van der Waals surface area contributed by atoms with E-state index in [0.29, 0.717) is 18.3 Å². The third kappa shape index (κ3) is 1.73. The predicted octanol–water partition coefficient (Wildman–Crippen LogP) is 3.62. The minimum atomic E-state index is -1.17. The van der Waals surface area contributed by atoms with Crippen molar-refractivity contribution in [3.8, 4) is 0 Å². The van der Waals surface area contributed by atoms with Gasteiger partial charge in [-0.3, -0.25) is 0 Å². The Balaban J connectivity index is 1.73. The van der Waals surface area contributed by atoms with Gasteiger partial charge < -0.3 is 10.2 Å². The SMILES string of the molecule is C[C@]12[C@@H](O)C[C@H]3[C@@H](CCC4=CCCC[C@@]43C)[C@@H]1C[C@@H](F)[C@@H]2O. The van der Waals surface area contributed by atoms with E-state index in [9.17, 15) is 14.6 Å². The smallest absolute Gasteiger partial charge is 0.127 e. The van der Waals surface area contributed by atoms with Gasteiger partial charge in [-0.15, -0.1) is 0 Å². The molecule has 0 heterocycles. The second kappa shape index (κ2) is 4.80. The molecule has 0 amide bonds. The molecule has 4 rings (SSSR count). The Morgan fingerprint density at radius 3 is 2.73 bits per heavy atom. The van der Waals surface area contributed by atoms with Crippen LogP contribution in [-0.4, -0.2) is 28.6 Å². The minimum Gasteiger partial charge on any atom is -0.392 e. The van der Waals surface area contributed by atoms with E-state index >= 15 is 0 Å². The lowest BCUT2D eigenvalue weighted by Crippen LogP contribution is -2.57. The molecule has 3 fully saturated rings. The van der Waals surface area contributed by atoms with E-state index in [1.165, 1.54) is 19.3 Å². The molecule has 8 atom stereocenters. The molecule has 0 radical (unpaired) electrons. The average Bonchev–Trinajstić information content (AvgIpc) is 2.73. The van der Waals surface area contributed by atoms with Crippen LogP contribution in [-0.2, 0) is 0 Å². The van der Waals surface area contributed by atoms with Crippen molar-refractivity contribution in [2.75, 3.05) is 0 Å². The predicted molar refractivity (Wildman–Crippen MR) is 84.0 cm³/mol. The summed E-state index contributed by atoms with van der Waals surface area (Å²) < 4.78 is 14.3. The highest BCUT2D eigenvalue weighted by molar-refractivity contribution is 5.25. The molecular formula is C19H29FO2. The molecule has 2 nitrogen and oxygen atoms in total. The van der Waals surface area contributed by atoms with Crippen LogP contribution in [0.1, 0.15) is 58.8 Å². The van der Waals surface area contributed by atoms with E-state index in [2.05, 4.69) is 13.0 Å². The van der Waals surface area contributed by atoms with Gasteiger partial charge in [-0.2, -0.15) is 0 Å². The zero-order valence-corrected chi connectivity index (χ0v) is 13.8. The van der Waals surface area contributed by atoms with Crippen LogP contribution < -0.4 is 0 Å². The molecule has 3 saturated carbocycles. The lowest BCUT2D eigenvalue weighted by atomic mass is 9.47. The molecule has 0 aliphatic heterocycles. The summed E-state index contributed by atoms with van der Waals surface area (Å²) in [5, 5.41) is 21.2. The summed E-state index contributed by atoms with van der Waals surface area (Å²) in [5.41, 5.74) is 1.14. The van der Waals surface area contributed by atoms with Gasteiger partial charge in [0, 0.05) is 5.41 Å². The van der Waals surface area contributed by atoms with Crippen molar-refractivity contribution < 1.29 is 14.6 Å². The van der Waals surface area contributed by atoms with Gasteiger partial charge in [0.05, 0.1) is 12.2 Å². The lowest BCUT2D eigenvalue weighted by molar-refractivity contribution is -0.152. The Morgan fingerprint density at radius 2 is 1.95 bits per heavy atom. The first-order chi connectivity index (χ1) is 10.4. The third-order valence-corrected chi connectivity index (χ3v) is 8.08. The van der Waals surface area contributed by atoms with Crippen LogP contribution in [0.25, 0.3) is 0 Å². The van der Waals surface area contributed by atoms with Crippen LogP contribution in [0.5, 0.6) is 0 Å². The molecule has 124 valence electrons. The van der Waals surface area contributed by atoms with E-state index in [-0.39, 0.29) is 11.3 Å². The van der Waals surface area contributed by atoms with Crippen LogP contribution in [0.15, 0.2) is 11.6 Å². The Morgan fingerprint density at radius 1 is 1.18 bits per heavy atom. The van der Waals surface area contributed by atoms with Crippen LogP contribution in [0.3, 0.4) is 0 Å². The fourth-order valence-corrected chi connectivity index (χ4v) is 6.67. The highest BCUT2D eigenvalue weighted by atomic mass is 19.1. The second-order valence-corrected chi connectivity index (χ2v) is 8.77. The quantitative estimate of drug-likeness (QED) is 0.671. The fourth-order valence-electron chi connectivity index (χ4n) is 6.67. The molecule has 0 bridgehead atoms. The summed E-state index contributed by atoms with van der Waals surface area (Å²) in [4.78, 5) is 0. The average molecular weight is 308 g/mol. The number of rotatable bonds is 0. The highest BCUT2D eigenvalue weighted by Gasteiger charge is 2.64. The Bertz CT molecular complexity index is 504. The van der Waals surface area contributed by atoms with Crippen LogP contribution >= 0.6 is 0 Å². The van der Waals surface area contributed by atoms with Crippen molar-refractivity contribution >= 4 is 0 Å². The normalized spacial score (nSPS) is 57.6. The number of halogens is 1.